The van der Waals surface area contributed by atoms with Crippen molar-refractivity contribution in [3.8, 4) is 5.69 Å². The van der Waals surface area contributed by atoms with E-state index in [1.54, 1.807) is 19.2 Å². The normalized spacial score (nSPS) is 18.6. The summed E-state index contributed by atoms with van der Waals surface area (Å²) in [6.07, 6.45) is 10.1. The lowest BCUT2D eigenvalue weighted by atomic mass is 9.97. The number of nitrogens with zero attached hydrogens (tertiary/aromatic N) is 4. The van der Waals surface area contributed by atoms with Crippen LogP contribution >= 0.6 is 11.6 Å². The molecular formula is C21H26ClN6O2+. The number of quaternary nitrogens is 1. The van der Waals surface area contributed by atoms with E-state index in [0.29, 0.717) is 11.6 Å². The van der Waals surface area contributed by atoms with Gasteiger partial charge in [-0.2, -0.15) is 9.36 Å². The number of hydrogen-bond donors (Lipinski definition) is 2. The van der Waals surface area contributed by atoms with Crippen LogP contribution in [0.5, 0.6) is 0 Å². The molecule has 1 aliphatic rings. The number of hydrogen-bond acceptors (Lipinski definition) is 5. The highest BCUT2D eigenvalue weighted by Crippen LogP contribution is 2.20. The maximum atomic E-state index is 12.3. The molecule has 1 aromatic carbocycles. The highest BCUT2D eigenvalue weighted by molar-refractivity contribution is 6.31. The average Bonchev–Trinajstić information content (AvgIpc) is 3.06. The number of aryl methyl sites for hydroxylation is 2. The molecule has 158 valence electrons. The van der Waals surface area contributed by atoms with Crippen LogP contribution in [0.3, 0.4) is 0 Å². The molecule has 0 spiro atoms. The monoisotopic (exact) mass is 429 g/mol. The fourth-order valence-electron chi connectivity index (χ4n) is 3.29. The van der Waals surface area contributed by atoms with Crippen molar-refractivity contribution in [3.05, 3.63) is 75.3 Å². The van der Waals surface area contributed by atoms with Gasteiger partial charge >= 0.3 is 5.69 Å². The number of aromatic nitrogens is 4. The van der Waals surface area contributed by atoms with Crippen LogP contribution in [0.2, 0.25) is 0 Å². The first kappa shape index (κ1) is 21.7. The summed E-state index contributed by atoms with van der Waals surface area (Å²) >= 11 is 6.01. The highest BCUT2D eigenvalue weighted by atomic mass is 35.5. The molecule has 9 heteroatoms. The van der Waals surface area contributed by atoms with Crippen molar-refractivity contribution in [1.29, 1.82) is 5.41 Å². The fraction of sp³-hybridized carbons (Fsp3) is 0.333. The van der Waals surface area contributed by atoms with Crippen LogP contribution in [0.4, 0.5) is 0 Å². The van der Waals surface area contributed by atoms with Crippen molar-refractivity contribution in [3.63, 3.8) is 0 Å². The standard InChI is InChI=1S/C21H25ClN6O2/c1-4-15-6-5-7-19(28-21(29)27(3)25-26-28)17(15)13-30-20(23)10-11-24-18-9-8-16(22)12-14(18)2/h5-12,14,18,23-24H,4,13H2,1-3H3/p+1. The summed E-state index contributed by atoms with van der Waals surface area (Å²) in [4.78, 5) is 12.3. The number of nitrogens with two attached hydrogens (primary N) is 1. The largest absolute Gasteiger partial charge is 0.473 e. The van der Waals surface area contributed by atoms with Gasteiger partial charge in [0.05, 0.1) is 18.0 Å². The van der Waals surface area contributed by atoms with E-state index >= 15 is 0 Å². The van der Waals surface area contributed by atoms with E-state index in [1.165, 1.54) is 9.36 Å². The maximum Gasteiger partial charge on any atom is 0.368 e. The number of tetrazole rings is 1. The summed E-state index contributed by atoms with van der Waals surface area (Å²) in [7, 11) is 1.55. The molecule has 2 unspecified atom stereocenters. The Morgan fingerprint density at radius 3 is 2.87 bits per heavy atom. The Morgan fingerprint density at radius 1 is 1.40 bits per heavy atom. The zero-order chi connectivity index (χ0) is 21.7. The smallest absolute Gasteiger partial charge is 0.368 e. The van der Waals surface area contributed by atoms with Crippen LogP contribution in [0.15, 0.2) is 58.5 Å². The van der Waals surface area contributed by atoms with Crippen molar-refractivity contribution in [2.45, 2.75) is 32.9 Å². The van der Waals surface area contributed by atoms with Gasteiger partial charge in [-0.25, -0.2) is 4.79 Å². The van der Waals surface area contributed by atoms with E-state index in [4.69, 9.17) is 21.7 Å². The average molecular weight is 430 g/mol. The van der Waals surface area contributed by atoms with E-state index in [2.05, 4.69) is 17.4 Å². The van der Waals surface area contributed by atoms with Gasteiger partial charge in [0.2, 0.25) is 5.90 Å². The van der Waals surface area contributed by atoms with Gasteiger partial charge in [0.1, 0.15) is 12.6 Å². The Kier molecular flexibility index (Phi) is 7.02. The first-order valence-electron chi connectivity index (χ1n) is 9.79. The zero-order valence-corrected chi connectivity index (χ0v) is 18.0. The first-order chi connectivity index (χ1) is 14.4. The molecule has 0 radical (unpaired) electrons. The summed E-state index contributed by atoms with van der Waals surface area (Å²) < 4.78 is 8.09. The van der Waals surface area contributed by atoms with Gasteiger partial charge < -0.3 is 10.1 Å². The van der Waals surface area contributed by atoms with Crippen LogP contribution in [-0.4, -0.2) is 31.7 Å². The number of benzene rings is 1. The van der Waals surface area contributed by atoms with Gasteiger partial charge in [-0.15, -0.1) is 0 Å². The Labute approximate surface area is 180 Å². The van der Waals surface area contributed by atoms with Gasteiger partial charge in [-0.05, 0) is 40.6 Å². The van der Waals surface area contributed by atoms with Crippen molar-refractivity contribution < 1.29 is 10.1 Å². The summed E-state index contributed by atoms with van der Waals surface area (Å²) in [5.74, 6) is 0.335. The molecule has 3 N–H and O–H groups in total. The summed E-state index contributed by atoms with van der Waals surface area (Å²) in [6, 6.07) is 5.88. The molecule has 1 heterocycles. The van der Waals surface area contributed by atoms with Crippen LogP contribution < -0.4 is 11.0 Å². The number of nitrogens with one attached hydrogen (secondary N) is 1. The third-order valence-corrected chi connectivity index (χ3v) is 5.29. The van der Waals surface area contributed by atoms with Gasteiger partial charge in [0.25, 0.3) is 0 Å². The third kappa shape index (κ3) is 4.95. The summed E-state index contributed by atoms with van der Waals surface area (Å²) in [5, 5.41) is 18.6. The topological polar surface area (TPSA) is 102 Å². The summed E-state index contributed by atoms with van der Waals surface area (Å²) in [5.41, 5.74) is 2.12. The molecule has 0 bridgehead atoms. The first-order valence-corrected chi connectivity index (χ1v) is 10.2. The second kappa shape index (κ2) is 9.69. The molecule has 1 aliphatic carbocycles. The lowest BCUT2D eigenvalue weighted by Gasteiger charge is -2.17. The molecule has 3 rings (SSSR count). The second-order valence-corrected chi connectivity index (χ2v) is 7.55. The molecule has 0 fully saturated rings. The number of ether oxygens (including phenoxy) is 1. The van der Waals surface area contributed by atoms with Gasteiger partial charge in [-0.1, -0.05) is 43.7 Å². The Balaban J connectivity index is 1.68. The fourth-order valence-corrected chi connectivity index (χ4v) is 3.56. The van der Waals surface area contributed by atoms with Gasteiger partial charge in [0.15, 0.2) is 0 Å². The maximum absolute atomic E-state index is 12.3. The molecule has 2 aromatic rings. The summed E-state index contributed by atoms with van der Waals surface area (Å²) in [6.45, 7) is 4.28. The molecule has 0 aliphatic heterocycles. The lowest BCUT2D eigenvalue weighted by molar-refractivity contribution is -0.620. The van der Waals surface area contributed by atoms with Crippen LogP contribution in [0.25, 0.3) is 5.69 Å². The van der Waals surface area contributed by atoms with E-state index < -0.39 is 0 Å². The Hall–Kier alpha value is -2.97. The minimum atomic E-state index is -0.335. The number of rotatable bonds is 7. The van der Waals surface area contributed by atoms with Crippen molar-refractivity contribution in [2.75, 3.05) is 0 Å². The minimum absolute atomic E-state index is 0.0376. The van der Waals surface area contributed by atoms with Gasteiger partial charge in [-0.3, -0.25) is 5.41 Å². The zero-order valence-electron chi connectivity index (χ0n) is 17.2. The minimum Gasteiger partial charge on any atom is -0.473 e. The van der Waals surface area contributed by atoms with E-state index in [-0.39, 0.29) is 24.2 Å². The highest BCUT2D eigenvalue weighted by Gasteiger charge is 2.18. The Bertz CT molecular complexity index is 1070. The third-order valence-electron chi connectivity index (χ3n) is 5.04. The lowest BCUT2D eigenvalue weighted by Crippen LogP contribution is -2.85. The van der Waals surface area contributed by atoms with E-state index in [1.807, 2.05) is 48.8 Å². The number of allylic oxidation sites excluding steroid dienone is 2. The molecule has 0 amide bonds. The van der Waals surface area contributed by atoms with Crippen molar-refractivity contribution >= 4 is 17.5 Å². The second-order valence-electron chi connectivity index (χ2n) is 7.12. The van der Waals surface area contributed by atoms with Crippen LogP contribution in [0.1, 0.15) is 25.0 Å². The van der Waals surface area contributed by atoms with Gasteiger partial charge in [0, 0.05) is 23.6 Å². The molecule has 2 atom stereocenters. The molecule has 0 saturated heterocycles. The molecule has 1 aromatic heterocycles. The molecule has 8 nitrogen and oxygen atoms in total. The van der Waals surface area contributed by atoms with Crippen LogP contribution in [-0.2, 0) is 24.8 Å². The van der Waals surface area contributed by atoms with Crippen molar-refractivity contribution in [1.82, 2.24) is 19.8 Å². The predicted octanol–water partition coefficient (Wildman–Crippen LogP) is 1.80. The molecule has 0 saturated carbocycles. The molecule has 30 heavy (non-hydrogen) atoms. The predicted molar refractivity (Wildman–Crippen MR) is 116 cm³/mol. The molecular weight excluding hydrogens is 404 g/mol. The van der Waals surface area contributed by atoms with Crippen molar-refractivity contribution in [2.24, 2.45) is 13.0 Å². The quantitative estimate of drug-likeness (QED) is 0.517. The van der Waals surface area contributed by atoms with E-state index in [9.17, 15) is 4.79 Å². The Morgan fingerprint density at radius 2 is 2.20 bits per heavy atom. The van der Waals surface area contributed by atoms with E-state index in [0.717, 1.165) is 22.6 Å². The SMILES string of the molecule is CCc1cccc(-n2nnn(C)c2=O)c1COC(=N)C=C[NH2+]C1C=CC(Cl)=CC1C. The number of halogens is 1. The van der Waals surface area contributed by atoms with Crippen LogP contribution in [0, 0.1) is 11.3 Å².